The topological polar surface area (TPSA) is 3.24 Å². The number of fused-ring (bicyclic) bond motifs is 5. The van der Waals surface area contributed by atoms with Crippen molar-refractivity contribution < 1.29 is 0 Å². The molecule has 1 heterocycles. The molecule has 0 spiro atoms. The first kappa shape index (κ1) is 32.0. The van der Waals surface area contributed by atoms with Crippen LogP contribution in [0.4, 0.5) is 17.1 Å². The smallest absolute Gasteiger partial charge is 0.0540 e. The molecule has 10 rings (SSSR count). The van der Waals surface area contributed by atoms with Crippen molar-refractivity contribution in [2.24, 2.45) is 0 Å². The maximum Gasteiger partial charge on any atom is 0.0540 e. The van der Waals surface area contributed by atoms with Crippen molar-refractivity contribution in [1.82, 2.24) is 0 Å². The summed E-state index contributed by atoms with van der Waals surface area (Å²) in [5, 5.41) is 5.25. The van der Waals surface area contributed by atoms with Crippen molar-refractivity contribution in [2.45, 2.75) is 0 Å². The van der Waals surface area contributed by atoms with Gasteiger partial charge in [0.1, 0.15) is 0 Å². The third-order valence-electron chi connectivity index (χ3n) is 10.5. The fraction of sp³-hybridized carbons (Fsp3) is 0. The molecule has 1 aromatic heterocycles. The number of benzene rings is 9. The molecule has 54 heavy (non-hydrogen) atoms. The number of rotatable bonds is 7. The first-order valence-corrected chi connectivity index (χ1v) is 19.2. The Bertz CT molecular complexity index is 2910. The Morgan fingerprint density at radius 1 is 0.315 bits per heavy atom. The summed E-state index contributed by atoms with van der Waals surface area (Å²) < 4.78 is 2.65. The lowest BCUT2D eigenvalue weighted by atomic mass is 9.94. The summed E-state index contributed by atoms with van der Waals surface area (Å²) in [7, 11) is 0. The van der Waals surface area contributed by atoms with Gasteiger partial charge in [-0.1, -0.05) is 164 Å². The van der Waals surface area contributed by atoms with Gasteiger partial charge in [0.2, 0.25) is 0 Å². The number of nitrogens with zero attached hydrogens (tertiary/aromatic N) is 1. The summed E-state index contributed by atoms with van der Waals surface area (Å²) in [4.78, 5) is 2.42. The van der Waals surface area contributed by atoms with Crippen molar-refractivity contribution >= 4 is 59.3 Å². The second-order valence-electron chi connectivity index (χ2n) is 13.7. The third-order valence-corrected chi connectivity index (χ3v) is 11.6. The van der Waals surface area contributed by atoms with Crippen LogP contribution in [0.25, 0.3) is 75.5 Å². The van der Waals surface area contributed by atoms with Gasteiger partial charge < -0.3 is 4.90 Å². The number of thiophene rings is 1. The summed E-state index contributed by atoms with van der Waals surface area (Å²) in [6.45, 7) is 0. The summed E-state index contributed by atoms with van der Waals surface area (Å²) >= 11 is 1.87. The van der Waals surface area contributed by atoms with Crippen LogP contribution in [0, 0.1) is 0 Å². The molecular weight excluding hydrogens is 671 g/mol. The molecule has 1 nitrogen and oxygen atoms in total. The van der Waals surface area contributed by atoms with Gasteiger partial charge in [-0.15, -0.1) is 11.3 Å². The van der Waals surface area contributed by atoms with Gasteiger partial charge in [-0.05, 0) is 98.2 Å². The van der Waals surface area contributed by atoms with Crippen LogP contribution in [0.1, 0.15) is 0 Å². The van der Waals surface area contributed by atoms with Crippen LogP contribution in [-0.2, 0) is 0 Å². The number of anilines is 3. The van der Waals surface area contributed by atoms with Gasteiger partial charge in [0.05, 0.1) is 5.69 Å². The maximum absolute atomic E-state index is 2.42. The lowest BCUT2D eigenvalue weighted by Crippen LogP contribution is -2.11. The van der Waals surface area contributed by atoms with E-state index in [-0.39, 0.29) is 0 Å². The average molecular weight is 706 g/mol. The molecule has 0 saturated carbocycles. The molecule has 0 N–H and O–H groups in total. The van der Waals surface area contributed by atoms with E-state index >= 15 is 0 Å². The molecule has 254 valence electrons. The quantitative estimate of drug-likeness (QED) is 0.160. The molecule has 0 radical (unpaired) electrons. The van der Waals surface area contributed by atoms with E-state index in [0.29, 0.717) is 0 Å². The Balaban J connectivity index is 1.17. The molecule has 0 amide bonds. The highest BCUT2D eigenvalue weighted by Gasteiger charge is 2.20. The van der Waals surface area contributed by atoms with E-state index < -0.39 is 0 Å². The largest absolute Gasteiger partial charge is 0.310 e. The predicted octanol–water partition coefficient (Wildman–Crippen LogP) is 15.3. The van der Waals surface area contributed by atoms with Crippen molar-refractivity contribution in [3.8, 4) is 44.5 Å². The summed E-state index contributed by atoms with van der Waals surface area (Å²) in [5.74, 6) is 0. The van der Waals surface area contributed by atoms with Crippen LogP contribution in [-0.4, -0.2) is 0 Å². The van der Waals surface area contributed by atoms with E-state index in [1.165, 1.54) is 75.5 Å². The van der Waals surface area contributed by atoms with Crippen molar-refractivity contribution in [3.05, 3.63) is 212 Å². The van der Waals surface area contributed by atoms with Gasteiger partial charge in [0.15, 0.2) is 0 Å². The molecule has 0 atom stereocenters. The fourth-order valence-corrected chi connectivity index (χ4v) is 9.01. The zero-order valence-electron chi connectivity index (χ0n) is 29.6. The third kappa shape index (κ3) is 5.74. The van der Waals surface area contributed by atoms with E-state index in [9.17, 15) is 0 Å². The van der Waals surface area contributed by atoms with E-state index in [4.69, 9.17) is 0 Å². The average Bonchev–Trinajstić information content (AvgIpc) is 3.64. The minimum absolute atomic E-state index is 1.10. The maximum atomic E-state index is 2.42. The van der Waals surface area contributed by atoms with Crippen LogP contribution >= 0.6 is 11.3 Å². The normalized spacial score (nSPS) is 11.3. The molecule has 0 aliphatic heterocycles. The summed E-state index contributed by atoms with van der Waals surface area (Å²) in [6.07, 6.45) is 0. The molecule has 0 aliphatic rings. The highest BCUT2D eigenvalue weighted by molar-refractivity contribution is 7.26. The summed E-state index contributed by atoms with van der Waals surface area (Å²) in [6, 6.07) is 77.1. The van der Waals surface area contributed by atoms with Gasteiger partial charge in [-0.2, -0.15) is 0 Å². The monoisotopic (exact) mass is 705 g/mol. The SMILES string of the molecule is c1ccc(-c2cccc(N(c3ccc(-c4cccc5ccc6sc7ccccc7c6c45)cc3)c3ccc(-c4ccccc4)cc3-c3ccccc3)c2)cc1. The van der Waals surface area contributed by atoms with Gasteiger partial charge in [-0.3, -0.25) is 0 Å². The van der Waals surface area contributed by atoms with E-state index in [1.807, 2.05) is 11.3 Å². The van der Waals surface area contributed by atoms with Gasteiger partial charge in [-0.25, -0.2) is 0 Å². The van der Waals surface area contributed by atoms with Crippen LogP contribution in [0.5, 0.6) is 0 Å². The molecule has 0 unspecified atom stereocenters. The molecule has 0 fully saturated rings. The Morgan fingerprint density at radius 2 is 0.907 bits per heavy atom. The van der Waals surface area contributed by atoms with Gasteiger partial charge >= 0.3 is 0 Å². The van der Waals surface area contributed by atoms with E-state index in [2.05, 4.69) is 217 Å². The van der Waals surface area contributed by atoms with E-state index in [1.54, 1.807) is 0 Å². The predicted molar refractivity (Wildman–Crippen MR) is 233 cm³/mol. The Labute approximate surface area is 319 Å². The molecule has 0 bridgehead atoms. The lowest BCUT2D eigenvalue weighted by Gasteiger charge is -2.29. The van der Waals surface area contributed by atoms with E-state index in [0.717, 1.165) is 17.1 Å². The Kier molecular flexibility index (Phi) is 8.09. The van der Waals surface area contributed by atoms with Crippen LogP contribution in [0.15, 0.2) is 212 Å². The first-order valence-electron chi connectivity index (χ1n) is 18.4. The van der Waals surface area contributed by atoms with Crippen LogP contribution in [0.2, 0.25) is 0 Å². The standard InChI is InChI=1S/C52H35NS/c1-4-14-36(15-5-1)41-21-12-22-44(34-41)53(48-32-28-42(37-16-6-2-7-17-37)35-47(48)38-18-8-3-9-19-38)43-30-26-39(27-31-43)45-24-13-20-40-29-33-50-52(51(40)45)46-23-10-11-25-49(46)54-50/h1-35H. The molecule has 0 saturated heterocycles. The second-order valence-corrected chi connectivity index (χ2v) is 14.8. The molecule has 9 aromatic carbocycles. The Morgan fingerprint density at radius 3 is 1.65 bits per heavy atom. The van der Waals surface area contributed by atoms with Gasteiger partial charge in [0, 0.05) is 37.1 Å². The van der Waals surface area contributed by atoms with Crippen molar-refractivity contribution in [2.75, 3.05) is 4.90 Å². The minimum atomic E-state index is 1.10. The fourth-order valence-electron chi connectivity index (χ4n) is 7.90. The molecule has 0 aliphatic carbocycles. The lowest BCUT2D eigenvalue weighted by molar-refractivity contribution is 1.28. The number of hydrogen-bond acceptors (Lipinski definition) is 2. The second kappa shape index (κ2) is 13.7. The molecule has 2 heteroatoms. The number of hydrogen-bond donors (Lipinski definition) is 0. The highest BCUT2D eigenvalue weighted by atomic mass is 32.1. The molecule has 10 aromatic rings. The minimum Gasteiger partial charge on any atom is -0.310 e. The van der Waals surface area contributed by atoms with Crippen molar-refractivity contribution in [3.63, 3.8) is 0 Å². The van der Waals surface area contributed by atoms with Gasteiger partial charge in [0.25, 0.3) is 0 Å². The van der Waals surface area contributed by atoms with Crippen LogP contribution < -0.4 is 4.90 Å². The van der Waals surface area contributed by atoms with Crippen LogP contribution in [0.3, 0.4) is 0 Å². The first-order chi connectivity index (χ1) is 26.8. The zero-order chi connectivity index (χ0) is 35.8. The Hall–Kier alpha value is -6.74. The van der Waals surface area contributed by atoms with Crippen molar-refractivity contribution in [1.29, 1.82) is 0 Å². The highest BCUT2D eigenvalue weighted by Crippen LogP contribution is 2.45. The molecular formula is C52H35NS. The zero-order valence-corrected chi connectivity index (χ0v) is 30.4. The summed E-state index contributed by atoms with van der Waals surface area (Å²) in [5.41, 5.74) is 12.9.